The van der Waals surface area contributed by atoms with E-state index in [9.17, 15) is 19.5 Å². The van der Waals surface area contributed by atoms with Gasteiger partial charge in [0.2, 0.25) is 11.3 Å². The van der Waals surface area contributed by atoms with Crippen molar-refractivity contribution in [1.82, 2.24) is 9.88 Å². The zero-order valence-corrected chi connectivity index (χ0v) is 22.0. The van der Waals surface area contributed by atoms with Crippen molar-refractivity contribution in [3.63, 3.8) is 0 Å². The highest BCUT2D eigenvalue weighted by Crippen LogP contribution is 2.44. The topological polar surface area (TPSA) is 148 Å². The van der Waals surface area contributed by atoms with Gasteiger partial charge in [0, 0.05) is 31.7 Å². The normalized spacial score (nSPS) is 19.6. The number of nitrogens with one attached hydrogen (secondary N) is 1. The molecule has 1 aliphatic heterocycles. The van der Waals surface area contributed by atoms with Crippen molar-refractivity contribution in [2.24, 2.45) is 16.8 Å². The van der Waals surface area contributed by atoms with Crippen molar-refractivity contribution in [3.8, 4) is 5.75 Å². The van der Waals surface area contributed by atoms with Crippen molar-refractivity contribution < 1.29 is 28.7 Å². The third-order valence-corrected chi connectivity index (χ3v) is 6.92. The van der Waals surface area contributed by atoms with Crippen molar-refractivity contribution in [2.75, 3.05) is 32.2 Å². The lowest BCUT2D eigenvalue weighted by atomic mass is 9.99. The van der Waals surface area contributed by atoms with Gasteiger partial charge in [0.1, 0.15) is 18.4 Å². The Labute approximate surface area is 219 Å². The monoisotopic (exact) mass is 531 g/mol. The van der Waals surface area contributed by atoms with E-state index in [4.69, 9.17) is 15.3 Å². The molecule has 4 rings (SSSR count). The Morgan fingerprint density at radius 2 is 2.03 bits per heavy atom. The highest BCUT2D eigenvalue weighted by Gasteiger charge is 2.35. The molecule has 1 unspecified atom stereocenters. The second-order valence-corrected chi connectivity index (χ2v) is 10.2. The molecule has 1 amide bonds. The molecule has 0 radical (unpaired) electrons. The molecular weight excluding hydrogens is 497 g/mol. The summed E-state index contributed by atoms with van der Waals surface area (Å²) in [5, 5.41) is 16.5. The van der Waals surface area contributed by atoms with Crippen LogP contribution in [-0.2, 0) is 9.63 Å². The van der Waals surface area contributed by atoms with Crippen LogP contribution in [0.5, 0.6) is 5.75 Å². The summed E-state index contributed by atoms with van der Waals surface area (Å²) >= 11 is 0. The van der Waals surface area contributed by atoms with E-state index in [2.05, 4.69) is 10.5 Å². The lowest BCUT2D eigenvalue weighted by Gasteiger charge is -2.36. The Hall–Kier alpha value is -3.67. The first-order chi connectivity index (χ1) is 18.1. The van der Waals surface area contributed by atoms with E-state index < -0.39 is 34.9 Å². The minimum absolute atomic E-state index is 0.0142. The number of oxime groups is 1. The van der Waals surface area contributed by atoms with Crippen LogP contribution in [0.4, 0.5) is 10.1 Å². The third kappa shape index (κ3) is 5.31. The quantitative estimate of drug-likeness (QED) is 0.417. The van der Waals surface area contributed by atoms with Crippen LogP contribution in [0.1, 0.15) is 55.9 Å². The van der Waals surface area contributed by atoms with Crippen LogP contribution in [0.15, 0.2) is 22.2 Å². The number of halogens is 1. The van der Waals surface area contributed by atoms with E-state index in [1.807, 2.05) is 13.8 Å². The average Bonchev–Trinajstić information content (AvgIpc) is 3.70. The summed E-state index contributed by atoms with van der Waals surface area (Å²) in [6.07, 6.45) is 3.79. The second kappa shape index (κ2) is 11.0. The maximum absolute atomic E-state index is 15.7. The van der Waals surface area contributed by atoms with Gasteiger partial charge in [-0.3, -0.25) is 9.59 Å². The zero-order valence-electron chi connectivity index (χ0n) is 22.0. The van der Waals surface area contributed by atoms with E-state index in [1.54, 1.807) is 9.47 Å². The van der Waals surface area contributed by atoms with Gasteiger partial charge in [0.15, 0.2) is 11.6 Å². The van der Waals surface area contributed by atoms with E-state index in [0.717, 1.165) is 18.9 Å². The molecule has 2 heterocycles. The Kier molecular flexibility index (Phi) is 7.91. The van der Waals surface area contributed by atoms with Crippen LogP contribution in [0.2, 0.25) is 0 Å². The van der Waals surface area contributed by atoms with Gasteiger partial charge in [-0.1, -0.05) is 19.0 Å². The van der Waals surface area contributed by atoms with Crippen LogP contribution in [0.3, 0.4) is 0 Å². The Bertz CT molecular complexity index is 1340. The predicted molar refractivity (Wildman–Crippen MR) is 141 cm³/mol. The van der Waals surface area contributed by atoms with Crippen LogP contribution < -0.4 is 26.1 Å². The van der Waals surface area contributed by atoms with Gasteiger partial charge >= 0.3 is 5.97 Å². The zero-order chi connectivity index (χ0) is 27.7. The molecule has 4 N–H and O–H groups in total. The number of pyridine rings is 1. The summed E-state index contributed by atoms with van der Waals surface area (Å²) in [5.74, 6) is -2.08. The SMILES string of the molecule is CO/N=C1\CCN(c2c(F)cc3c(=O)c(C(=O)O)cn(C4CC4)c3c2OC)CC1NC(=O)[C@H](N)CC(C)C. The number of anilines is 1. The number of methoxy groups -OCH3 is 1. The van der Waals surface area contributed by atoms with Crippen LogP contribution in [0.25, 0.3) is 10.9 Å². The number of ether oxygens (including phenoxy) is 1. The lowest BCUT2D eigenvalue weighted by molar-refractivity contribution is -0.123. The number of carboxylic acids is 1. The maximum Gasteiger partial charge on any atom is 0.341 e. The molecule has 0 bridgehead atoms. The average molecular weight is 532 g/mol. The summed E-state index contributed by atoms with van der Waals surface area (Å²) in [4.78, 5) is 44.2. The molecule has 0 spiro atoms. The number of rotatable bonds is 9. The van der Waals surface area contributed by atoms with Gasteiger partial charge < -0.3 is 35.2 Å². The van der Waals surface area contributed by atoms with Gasteiger partial charge in [-0.2, -0.15) is 0 Å². The van der Waals surface area contributed by atoms with Crippen LogP contribution in [0, 0.1) is 11.7 Å². The molecule has 1 aromatic heterocycles. The van der Waals surface area contributed by atoms with Crippen molar-refractivity contribution in [3.05, 3.63) is 33.9 Å². The Morgan fingerprint density at radius 1 is 1.32 bits per heavy atom. The number of piperidine rings is 1. The first kappa shape index (κ1) is 27.4. The number of nitrogens with two attached hydrogens (primary N) is 1. The molecular formula is C26H34FN5O6. The summed E-state index contributed by atoms with van der Waals surface area (Å²) in [6, 6.07) is -0.252. The summed E-state index contributed by atoms with van der Waals surface area (Å²) in [6.45, 7) is 4.44. The molecule has 2 aromatic rings. The number of hydrogen-bond acceptors (Lipinski definition) is 8. The molecule has 1 aliphatic carbocycles. The molecule has 12 heteroatoms. The standard InChI is InChI=1S/C26H34FN5O6/c1-13(2)9-18(28)25(34)29-20-12-31(8-7-19(20)30-38-4)22-17(27)10-15-21(24(22)37-3)32(14-5-6-14)11-16(23(15)33)26(35)36/h10-11,13-14,18,20H,5-9,12,28H2,1-4H3,(H,29,34)(H,35,36)/b30-19+/t18-,20?/m1/s1. The number of benzene rings is 1. The van der Waals surface area contributed by atoms with Crippen LogP contribution in [-0.4, -0.2) is 66.7 Å². The minimum Gasteiger partial charge on any atom is -0.492 e. The molecule has 38 heavy (non-hydrogen) atoms. The summed E-state index contributed by atoms with van der Waals surface area (Å²) in [5.41, 5.74) is 5.95. The van der Waals surface area contributed by atoms with Gasteiger partial charge in [-0.05, 0) is 31.2 Å². The van der Waals surface area contributed by atoms with Gasteiger partial charge in [-0.15, -0.1) is 0 Å². The number of fused-ring (bicyclic) bond motifs is 1. The van der Waals surface area contributed by atoms with Gasteiger partial charge in [0.25, 0.3) is 0 Å². The lowest BCUT2D eigenvalue weighted by Crippen LogP contribution is -2.56. The Morgan fingerprint density at radius 3 is 2.61 bits per heavy atom. The molecule has 2 atom stereocenters. The number of carbonyl (C=O) groups is 2. The number of amides is 1. The molecule has 2 fully saturated rings. The van der Waals surface area contributed by atoms with E-state index in [1.165, 1.54) is 20.4 Å². The second-order valence-electron chi connectivity index (χ2n) is 10.2. The number of aromatic carboxylic acids is 1. The molecule has 2 aliphatic rings. The smallest absolute Gasteiger partial charge is 0.341 e. The van der Waals surface area contributed by atoms with Crippen molar-refractivity contribution in [1.29, 1.82) is 0 Å². The molecule has 1 saturated carbocycles. The largest absolute Gasteiger partial charge is 0.492 e. The Balaban J connectivity index is 1.78. The van der Waals surface area contributed by atoms with Crippen molar-refractivity contribution in [2.45, 2.75) is 57.7 Å². The molecule has 206 valence electrons. The van der Waals surface area contributed by atoms with E-state index >= 15 is 4.39 Å². The fourth-order valence-electron chi connectivity index (χ4n) is 5.02. The number of aromatic nitrogens is 1. The number of nitrogens with zero attached hydrogens (tertiary/aromatic N) is 3. The van der Waals surface area contributed by atoms with Gasteiger partial charge in [0.05, 0.1) is 35.8 Å². The maximum atomic E-state index is 15.7. The van der Waals surface area contributed by atoms with Crippen molar-refractivity contribution >= 4 is 34.2 Å². The van der Waals surface area contributed by atoms with E-state index in [-0.39, 0.29) is 41.2 Å². The first-order valence-corrected chi connectivity index (χ1v) is 12.7. The summed E-state index contributed by atoms with van der Waals surface area (Å²) < 4.78 is 23.1. The minimum atomic E-state index is -1.37. The molecule has 1 saturated heterocycles. The number of hydrogen-bond donors (Lipinski definition) is 3. The van der Waals surface area contributed by atoms with E-state index in [0.29, 0.717) is 30.6 Å². The highest BCUT2D eigenvalue weighted by molar-refractivity contribution is 5.99. The third-order valence-electron chi connectivity index (χ3n) is 6.92. The number of carbonyl (C=O) groups excluding carboxylic acids is 1. The fourth-order valence-corrected chi connectivity index (χ4v) is 5.02. The predicted octanol–water partition coefficient (Wildman–Crippen LogP) is 2.25. The summed E-state index contributed by atoms with van der Waals surface area (Å²) in [7, 11) is 2.80. The van der Waals surface area contributed by atoms with Crippen LogP contribution >= 0.6 is 0 Å². The fraction of sp³-hybridized carbons (Fsp3) is 0.538. The molecule has 11 nitrogen and oxygen atoms in total. The first-order valence-electron chi connectivity index (χ1n) is 12.7. The molecule has 1 aromatic carbocycles. The highest BCUT2D eigenvalue weighted by atomic mass is 19.1. The van der Waals surface area contributed by atoms with Gasteiger partial charge in [-0.25, -0.2) is 9.18 Å². The number of carboxylic acid groups (broad SMARTS) is 1.